The number of aryl methyl sites for hydroxylation is 2. The molecular weight excluding hydrogens is 658 g/mol. The van der Waals surface area contributed by atoms with E-state index < -0.39 is 0 Å². The van der Waals surface area contributed by atoms with E-state index in [0.29, 0.717) is 10.3 Å². The smallest absolute Gasteiger partial charge is 0.399 e. The Morgan fingerprint density at radius 3 is 1.80 bits per heavy atom. The Balaban J connectivity index is 0.000000141. The monoisotopic (exact) mass is 690 g/mol. The second kappa shape index (κ2) is 13.1. The highest BCUT2D eigenvalue weighted by atomic mass is 79.9. The Labute approximate surface area is 277 Å². The quantitative estimate of drug-likeness (QED) is 0.135. The van der Waals surface area contributed by atoms with Crippen LogP contribution in [-0.4, -0.2) is 37.4 Å². The lowest BCUT2D eigenvalue weighted by Gasteiger charge is -2.32. The van der Waals surface area contributed by atoms with Crippen LogP contribution in [0.1, 0.15) is 27.7 Å². The van der Waals surface area contributed by atoms with Crippen molar-refractivity contribution in [3.05, 3.63) is 112 Å². The van der Waals surface area contributed by atoms with Gasteiger partial charge in [-0.05, 0) is 75.0 Å². The Morgan fingerprint density at radius 2 is 1.23 bits per heavy atom. The van der Waals surface area contributed by atoms with Gasteiger partial charge in [0.25, 0.3) is 0 Å². The summed E-state index contributed by atoms with van der Waals surface area (Å²) < 4.78 is 17.5. The standard InChI is InChI=1S/C15H20BNO2.C14H11ClN2.C5H3BrClN/c1-14(2)15(3,4)19-16(18-14)12-10-17(5)13-9-7-6-8-11(12)13;1-17-9-12(10-6-7-16-14(15)8-10)11-4-2-3-5-13(11)17;6-4-1-2-8-5(7)3-4/h6-10H,1-5H3;2-9H,1H3;1-3H. The largest absolute Gasteiger partial charge is 0.497 e. The summed E-state index contributed by atoms with van der Waals surface area (Å²) in [5, 5.41) is 3.47. The van der Waals surface area contributed by atoms with E-state index >= 15 is 0 Å². The maximum absolute atomic E-state index is 6.14. The fourth-order valence-corrected chi connectivity index (χ4v) is 5.87. The van der Waals surface area contributed by atoms with Crippen LogP contribution in [0.4, 0.5) is 0 Å². The van der Waals surface area contributed by atoms with Gasteiger partial charge in [0.05, 0.1) is 11.2 Å². The molecule has 0 spiro atoms. The minimum Gasteiger partial charge on any atom is -0.399 e. The van der Waals surface area contributed by atoms with Crippen LogP contribution >= 0.6 is 39.1 Å². The van der Waals surface area contributed by atoms with Crippen LogP contribution in [0.3, 0.4) is 0 Å². The molecule has 1 aliphatic heterocycles. The van der Waals surface area contributed by atoms with Gasteiger partial charge in [-0.25, -0.2) is 9.97 Å². The van der Waals surface area contributed by atoms with Gasteiger partial charge in [0.15, 0.2) is 0 Å². The number of pyridine rings is 2. The number of hydrogen-bond donors (Lipinski definition) is 0. The SMILES string of the molecule is Clc1cc(Br)ccn1.Cn1cc(-c2ccnc(Cl)c2)c2ccccc21.Cn1cc(B2OC(C)(C)C(C)(C)O2)c2ccccc21. The molecule has 1 saturated heterocycles. The summed E-state index contributed by atoms with van der Waals surface area (Å²) in [5.41, 5.74) is 5.22. The van der Waals surface area contributed by atoms with Crippen molar-refractivity contribution in [3.8, 4) is 11.1 Å². The summed E-state index contributed by atoms with van der Waals surface area (Å²) in [6.45, 7) is 8.33. The van der Waals surface area contributed by atoms with Gasteiger partial charge >= 0.3 is 7.12 Å². The molecule has 0 radical (unpaired) electrons. The van der Waals surface area contributed by atoms with Crippen molar-refractivity contribution in [2.75, 3.05) is 0 Å². The fourth-order valence-electron chi connectivity index (χ4n) is 5.05. The lowest BCUT2D eigenvalue weighted by molar-refractivity contribution is 0.00578. The maximum atomic E-state index is 6.14. The van der Waals surface area contributed by atoms with Crippen LogP contribution < -0.4 is 5.46 Å². The van der Waals surface area contributed by atoms with Crippen LogP contribution in [-0.2, 0) is 23.4 Å². The summed E-state index contributed by atoms with van der Waals surface area (Å²) in [7, 11) is 3.81. The summed E-state index contributed by atoms with van der Waals surface area (Å²) in [5.74, 6) is 0. The molecule has 0 amide bonds. The number of rotatable bonds is 2. The van der Waals surface area contributed by atoms with Gasteiger partial charge in [-0.1, -0.05) is 75.5 Å². The summed E-state index contributed by atoms with van der Waals surface area (Å²) >= 11 is 14.7. The molecule has 5 heterocycles. The molecule has 4 aromatic heterocycles. The molecule has 7 rings (SSSR count). The zero-order valence-corrected chi connectivity index (χ0v) is 28.7. The van der Waals surface area contributed by atoms with E-state index in [9.17, 15) is 0 Å². The van der Waals surface area contributed by atoms with Crippen molar-refractivity contribution in [2.45, 2.75) is 38.9 Å². The van der Waals surface area contributed by atoms with Crippen molar-refractivity contribution < 1.29 is 9.31 Å². The molecule has 226 valence electrons. The third-order valence-corrected chi connectivity index (χ3v) is 8.96. The van der Waals surface area contributed by atoms with E-state index in [1.165, 1.54) is 27.4 Å². The van der Waals surface area contributed by atoms with Gasteiger partial charge < -0.3 is 18.4 Å². The molecule has 44 heavy (non-hydrogen) atoms. The van der Waals surface area contributed by atoms with Crippen LogP contribution in [0, 0.1) is 0 Å². The average Bonchev–Trinajstić information content (AvgIpc) is 3.57. The Bertz CT molecular complexity index is 1890. The first-order chi connectivity index (χ1) is 20.9. The minimum atomic E-state index is -0.297. The third kappa shape index (κ3) is 6.90. The topological polar surface area (TPSA) is 54.1 Å². The molecule has 6 nitrogen and oxygen atoms in total. The van der Waals surface area contributed by atoms with E-state index in [1.807, 2.05) is 24.3 Å². The van der Waals surface area contributed by atoms with E-state index in [2.05, 4.69) is 132 Å². The summed E-state index contributed by atoms with van der Waals surface area (Å²) in [6.07, 6.45) is 7.61. The molecule has 0 bridgehead atoms. The number of para-hydroxylation sites is 2. The number of nitrogens with zero attached hydrogens (tertiary/aromatic N) is 4. The van der Waals surface area contributed by atoms with Gasteiger partial charge in [0.1, 0.15) is 10.3 Å². The Morgan fingerprint density at radius 1 is 0.705 bits per heavy atom. The zero-order chi connectivity index (χ0) is 31.6. The maximum Gasteiger partial charge on any atom is 0.497 e. The highest BCUT2D eigenvalue weighted by Crippen LogP contribution is 2.37. The number of hydrogen-bond acceptors (Lipinski definition) is 4. The fraction of sp³-hybridized carbons (Fsp3) is 0.235. The van der Waals surface area contributed by atoms with Crippen molar-refractivity contribution in [1.29, 1.82) is 0 Å². The number of aromatic nitrogens is 4. The third-order valence-electron chi connectivity index (χ3n) is 8.06. The first-order valence-electron chi connectivity index (χ1n) is 14.2. The predicted molar refractivity (Wildman–Crippen MR) is 187 cm³/mol. The average molecular weight is 692 g/mol. The number of fused-ring (bicyclic) bond motifs is 2. The van der Waals surface area contributed by atoms with Gasteiger partial charge in [0, 0.05) is 70.8 Å². The van der Waals surface area contributed by atoms with Crippen LogP contribution in [0.15, 0.2) is 102 Å². The van der Waals surface area contributed by atoms with Crippen molar-refractivity contribution in [2.24, 2.45) is 14.1 Å². The minimum absolute atomic E-state index is 0.295. The Kier molecular flexibility index (Phi) is 9.59. The van der Waals surface area contributed by atoms with E-state index in [-0.39, 0.29) is 18.3 Å². The molecule has 6 aromatic rings. The normalized spacial score (nSPS) is 15.1. The summed E-state index contributed by atoms with van der Waals surface area (Å²) in [6, 6.07) is 24.1. The lowest BCUT2D eigenvalue weighted by Crippen LogP contribution is -2.41. The molecule has 0 saturated carbocycles. The van der Waals surface area contributed by atoms with E-state index in [4.69, 9.17) is 32.5 Å². The Hall–Kier alpha value is -3.14. The van der Waals surface area contributed by atoms with E-state index in [0.717, 1.165) is 15.5 Å². The predicted octanol–water partition coefficient (Wildman–Crippen LogP) is 8.87. The van der Waals surface area contributed by atoms with Crippen LogP contribution in [0.25, 0.3) is 32.9 Å². The highest BCUT2D eigenvalue weighted by molar-refractivity contribution is 9.10. The second-order valence-corrected chi connectivity index (χ2v) is 13.3. The van der Waals surface area contributed by atoms with Crippen molar-refractivity contribution >= 4 is 73.5 Å². The molecule has 10 heteroatoms. The van der Waals surface area contributed by atoms with Crippen molar-refractivity contribution in [3.63, 3.8) is 0 Å². The van der Waals surface area contributed by atoms with Gasteiger partial charge in [-0.3, -0.25) is 0 Å². The highest BCUT2D eigenvalue weighted by Gasteiger charge is 2.52. The zero-order valence-electron chi connectivity index (χ0n) is 25.6. The second-order valence-electron chi connectivity index (χ2n) is 11.6. The van der Waals surface area contributed by atoms with Gasteiger partial charge in [0.2, 0.25) is 0 Å². The van der Waals surface area contributed by atoms with Crippen LogP contribution in [0.2, 0.25) is 10.3 Å². The van der Waals surface area contributed by atoms with E-state index in [1.54, 1.807) is 18.5 Å². The molecule has 1 fully saturated rings. The number of halogens is 3. The van der Waals surface area contributed by atoms with Crippen molar-refractivity contribution in [1.82, 2.24) is 19.1 Å². The molecule has 2 aromatic carbocycles. The molecule has 0 aliphatic carbocycles. The summed E-state index contributed by atoms with van der Waals surface area (Å²) in [4.78, 5) is 7.79. The molecular formula is C34H34BBrCl2N4O2. The molecule has 1 aliphatic rings. The number of benzene rings is 2. The molecule has 0 atom stereocenters. The van der Waals surface area contributed by atoms with Crippen LogP contribution in [0.5, 0.6) is 0 Å². The van der Waals surface area contributed by atoms with Gasteiger partial charge in [-0.15, -0.1) is 0 Å². The van der Waals surface area contributed by atoms with Gasteiger partial charge in [-0.2, -0.15) is 0 Å². The lowest BCUT2D eigenvalue weighted by atomic mass is 9.79. The first kappa shape index (κ1) is 32.3. The molecule has 0 unspecified atom stereocenters. The molecule has 0 N–H and O–H groups in total. The first-order valence-corrected chi connectivity index (χ1v) is 15.7.